The van der Waals surface area contributed by atoms with Crippen molar-refractivity contribution in [3.05, 3.63) is 59.5 Å². The molecule has 6 nitrogen and oxygen atoms in total. The second-order valence-electron chi connectivity index (χ2n) is 7.62. The molecule has 2 aromatic heterocycles. The first-order chi connectivity index (χ1) is 14.1. The fraction of sp³-hybridized carbons (Fsp3) is 0.304. The van der Waals surface area contributed by atoms with Gasteiger partial charge in [-0.3, -0.25) is 19.7 Å². The van der Waals surface area contributed by atoms with Gasteiger partial charge in [0.2, 0.25) is 0 Å². The summed E-state index contributed by atoms with van der Waals surface area (Å²) in [4.78, 5) is 29.3. The maximum absolute atomic E-state index is 12.6. The monoisotopic (exact) mass is 386 g/mol. The summed E-state index contributed by atoms with van der Waals surface area (Å²) in [5.74, 6) is 2.52. The summed E-state index contributed by atoms with van der Waals surface area (Å²) in [6.45, 7) is 0. The largest absolute Gasteiger partial charge is 0.334 e. The highest BCUT2D eigenvalue weighted by Gasteiger charge is 2.33. The van der Waals surface area contributed by atoms with Crippen LogP contribution in [0.25, 0.3) is 10.9 Å². The van der Waals surface area contributed by atoms with Gasteiger partial charge in [0.25, 0.3) is 5.91 Å². The van der Waals surface area contributed by atoms with Crippen LogP contribution in [0.2, 0.25) is 0 Å². The van der Waals surface area contributed by atoms with E-state index in [1.165, 1.54) is 0 Å². The van der Waals surface area contributed by atoms with Crippen molar-refractivity contribution in [3.8, 4) is 12.3 Å². The molecule has 2 N–H and O–H groups in total. The van der Waals surface area contributed by atoms with Crippen LogP contribution in [0.5, 0.6) is 0 Å². The first-order valence-corrected chi connectivity index (χ1v) is 9.76. The van der Waals surface area contributed by atoms with Crippen LogP contribution in [0.4, 0.5) is 0 Å². The van der Waals surface area contributed by atoms with Gasteiger partial charge in [-0.05, 0) is 55.0 Å². The van der Waals surface area contributed by atoms with E-state index in [0.717, 1.165) is 47.7 Å². The van der Waals surface area contributed by atoms with Gasteiger partial charge in [0.05, 0.1) is 11.7 Å². The van der Waals surface area contributed by atoms with E-state index in [2.05, 4.69) is 26.4 Å². The fourth-order valence-electron chi connectivity index (χ4n) is 3.89. The van der Waals surface area contributed by atoms with Crippen LogP contribution in [-0.2, 0) is 17.6 Å². The Morgan fingerprint density at radius 3 is 2.66 bits per heavy atom. The van der Waals surface area contributed by atoms with Crippen LogP contribution < -0.4 is 5.32 Å². The average molecular weight is 386 g/mol. The number of pyridine rings is 1. The third-order valence-electron chi connectivity index (χ3n) is 5.45. The zero-order chi connectivity index (χ0) is 20.3. The maximum atomic E-state index is 12.6. The van der Waals surface area contributed by atoms with Gasteiger partial charge >= 0.3 is 0 Å². The highest BCUT2D eigenvalue weighted by molar-refractivity contribution is 5.93. The molecule has 1 aliphatic rings. The number of benzene rings is 1. The Kier molecular flexibility index (Phi) is 5.13. The van der Waals surface area contributed by atoms with Gasteiger partial charge in [0, 0.05) is 24.4 Å². The molecule has 3 aromatic rings. The normalized spacial score (nSPS) is 15.1. The molecule has 146 valence electrons. The summed E-state index contributed by atoms with van der Waals surface area (Å²) in [6, 6.07) is 9.25. The number of fused-ring (bicyclic) bond motifs is 1. The number of H-pyrrole nitrogens is 1. The van der Waals surface area contributed by atoms with E-state index in [1.54, 1.807) is 24.5 Å². The van der Waals surface area contributed by atoms with Crippen molar-refractivity contribution in [2.24, 2.45) is 0 Å². The summed E-state index contributed by atoms with van der Waals surface area (Å²) in [6.07, 6.45) is 13.1. The minimum Gasteiger partial charge on any atom is -0.334 e. The smallest absolute Gasteiger partial charge is 0.271 e. The molecule has 1 fully saturated rings. The van der Waals surface area contributed by atoms with Crippen LogP contribution in [0.1, 0.15) is 47.3 Å². The van der Waals surface area contributed by atoms with Crippen LogP contribution >= 0.6 is 0 Å². The number of nitrogens with zero attached hydrogens (tertiary/aromatic N) is 2. The van der Waals surface area contributed by atoms with Crippen molar-refractivity contribution in [2.45, 2.75) is 44.1 Å². The van der Waals surface area contributed by atoms with Crippen molar-refractivity contribution < 1.29 is 9.59 Å². The number of rotatable bonds is 6. The molecule has 2 heterocycles. The Bertz CT molecular complexity index is 1100. The van der Waals surface area contributed by atoms with Crippen molar-refractivity contribution in [1.82, 2.24) is 20.5 Å². The fourth-order valence-corrected chi connectivity index (χ4v) is 3.89. The predicted octanol–water partition coefficient (Wildman–Crippen LogP) is 2.99. The number of hydrogen-bond acceptors (Lipinski definition) is 4. The lowest BCUT2D eigenvalue weighted by Crippen LogP contribution is -2.45. The number of ketones is 1. The molecule has 0 saturated heterocycles. The Balaban J connectivity index is 1.42. The van der Waals surface area contributed by atoms with Gasteiger partial charge in [-0.15, -0.1) is 6.42 Å². The van der Waals surface area contributed by atoms with Crippen LogP contribution in [-0.4, -0.2) is 32.4 Å². The topological polar surface area (TPSA) is 87.7 Å². The van der Waals surface area contributed by atoms with E-state index in [4.69, 9.17) is 6.42 Å². The Hall–Kier alpha value is -3.46. The highest BCUT2D eigenvalue weighted by atomic mass is 16.2. The molecular formula is C23H22N4O2. The third-order valence-corrected chi connectivity index (χ3v) is 5.45. The Morgan fingerprint density at radius 1 is 1.14 bits per heavy atom. The first kappa shape index (κ1) is 18.9. The Labute approximate surface area is 169 Å². The number of terminal acetylenes is 1. The molecule has 0 radical (unpaired) electrons. The molecule has 0 aliphatic heterocycles. The zero-order valence-electron chi connectivity index (χ0n) is 16.1. The zero-order valence-corrected chi connectivity index (χ0v) is 16.1. The minimum atomic E-state index is -0.574. The van der Waals surface area contributed by atoms with Crippen LogP contribution in [0, 0.1) is 12.3 Å². The number of nitrogens with one attached hydrogen (secondary N) is 2. The molecule has 1 aromatic carbocycles. The predicted molar refractivity (Wildman–Crippen MR) is 110 cm³/mol. The molecule has 4 rings (SSSR count). The number of aromatic amines is 1. The molecular weight excluding hydrogens is 364 g/mol. The van der Waals surface area contributed by atoms with Gasteiger partial charge in [-0.25, -0.2) is 0 Å². The van der Waals surface area contributed by atoms with E-state index < -0.39 is 5.54 Å². The second kappa shape index (κ2) is 7.88. The molecule has 29 heavy (non-hydrogen) atoms. The van der Waals surface area contributed by atoms with Crippen LogP contribution in [0.15, 0.2) is 42.7 Å². The summed E-state index contributed by atoms with van der Waals surface area (Å²) >= 11 is 0. The van der Waals surface area contributed by atoms with Gasteiger partial charge < -0.3 is 5.32 Å². The van der Waals surface area contributed by atoms with E-state index in [-0.39, 0.29) is 23.8 Å². The summed E-state index contributed by atoms with van der Waals surface area (Å²) in [5.41, 5.74) is 2.31. The summed E-state index contributed by atoms with van der Waals surface area (Å²) < 4.78 is 0. The quantitative estimate of drug-likeness (QED) is 0.638. The number of carbonyl (C=O) groups is 2. The highest BCUT2D eigenvalue weighted by Crippen LogP contribution is 2.29. The molecule has 1 aliphatic carbocycles. The van der Waals surface area contributed by atoms with Crippen molar-refractivity contribution in [3.63, 3.8) is 0 Å². The number of hydrogen-bond donors (Lipinski definition) is 2. The van der Waals surface area contributed by atoms with Crippen LogP contribution in [0.3, 0.4) is 0 Å². The van der Waals surface area contributed by atoms with Crippen molar-refractivity contribution >= 4 is 22.6 Å². The van der Waals surface area contributed by atoms with Gasteiger partial charge in [-0.2, -0.15) is 5.10 Å². The van der Waals surface area contributed by atoms with E-state index >= 15 is 0 Å². The molecule has 0 spiro atoms. The lowest BCUT2D eigenvalue weighted by atomic mass is 9.98. The second-order valence-corrected chi connectivity index (χ2v) is 7.62. The SMILES string of the molecule is C#CC1(NC(=O)c2cc(CC(=O)Cc3ccc4cn[nH]c4c3)ccn2)CCCC1. The van der Waals surface area contributed by atoms with Gasteiger partial charge in [0.1, 0.15) is 17.0 Å². The lowest BCUT2D eigenvalue weighted by molar-refractivity contribution is -0.117. The van der Waals surface area contributed by atoms with E-state index in [9.17, 15) is 9.59 Å². The van der Waals surface area contributed by atoms with E-state index in [0.29, 0.717) is 6.42 Å². The first-order valence-electron chi connectivity index (χ1n) is 9.76. The van der Waals surface area contributed by atoms with Crippen molar-refractivity contribution in [1.29, 1.82) is 0 Å². The number of aromatic nitrogens is 3. The lowest BCUT2D eigenvalue weighted by Gasteiger charge is -2.23. The summed E-state index contributed by atoms with van der Waals surface area (Å²) in [7, 11) is 0. The maximum Gasteiger partial charge on any atom is 0.271 e. The standard InChI is InChI=1S/C23H22N4O2/c1-2-23(8-3-4-9-23)26-22(29)21-14-17(7-10-24-21)12-19(28)11-16-5-6-18-15-25-27-20(18)13-16/h1,5-7,10,13-15H,3-4,8-9,11-12H2,(H,25,27)(H,26,29). The number of Topliss-reactive ketones (excluding diaryl/α,β-unsaturated/α-hetero) is 1. The number of amides is 1. The Morgan fingerprint density at radius 2 is 1.90 bits per heavy atom. The average Bonchev–Trinajstić information content (AvgIpc) is 3.37. The van der Waals surface area contributed by atoms with Gasteiger partial charge in [-0.1, -0.05) is 18.1 Å². The molecule has 1 amide bonds. The number of carbonyl (C=O) groups excluding carboxylic acids is 2. The van der Waals surface area contributed by atoms with Crippen molar-refractivity contribution in [2.75, 3.05) is 0 Å². The minimum absolute atomic E-state index is 0.0670. The molecule has 0 atom stereocenters. The third kappa shape index (κ3) is 4.19. The molecule has 0 bridgehead atoms. The summed E-state index contributed by atoms with van der Waals surface area (Å²) in [5, 5.41) is 10.9. The van der Waals surface area contributed by atoms with Gasteiger partial charge in [0.15, 0.2) is 0 Å². The van der Waals surface area contributed by atoms with E-state index in [1.807, 2.05) is 18.2 Å². The molecule has 0 unspecified atom stereocenters. The molecule has 6 heteroatoms. The molecule has 1 saturated carbocycles.